The summed E-state index contributed by atoms with van der Waals surface area (Å²) in [4.78, 5) is 0. The summed E-state index contributed by atoms with van der Waals surface area (Å²) in [5.41, 5.74) is -1.10. The predicted molar refractivity (Wildman–Crippen MR) is 114 cm³/mol. The van der Waals surface area contributed by atoms with Gasteiger partial charge in [-0.25, -0.2) is 22.0 Å². The molecule has 0 atom stereocenters. The zero-order chi connectivity index (χ0) is 25.0. The first-order chi connectivity index (χ1) is 16.0. The zero-order valence-electron chi connectivity index (χ0n) is 17.6. The molecule has 3 aromatic rings. The molecule has 0 bridgehead atoms. The lowest BCUT2D eigenvalue weighted by Gasteiger charge is -2.09. The highest BCUT2D eigenvalue weighted by Gasteiger charge is 2.23. The maximum atomic E-state index is 14.6. The average Bonchev–Trinajstić information content (AvgIpc) is 2.72. The van der Waals surface area contributed by atoms with Crippen LogP contribution in [0.1, 0.15) is 35.6 Å². The first kappa shape index (κ1) is 25.0. The molecule has 0 radical (unpaired) electrons. The van der Waals surface area contributed by atoms with Gasteiger partial charge in [-0.2, -0.15) is 13.2 Å². The fourth-order valence-corrected chi connectivity index (χ4v) is 3.26. The van der Waals surface area contributed by atoms with Crippen LogP contribution in [-0.4, -0.2) is 6.18 Å². The summed E-state index contributed by atoms with van der Waals surface area (Å²) in [7, 11) is 0. The Morgan fingerprint density at radius 3 is 1.91 bits per heavy atom. The van der Waals surface area contributed by atoms with E-state index in [1.807, 2.05) is 6.92 Å². The van der Waals surface area contributed by atoms with E-state index in [1.165, 1.54) is 18.1 Å². The first-order valence-corrected chi connectivity index (χ1v) is 10.0. The topological polar surface area (TPSA) is 0 Å². The minimum atomic E-state index is -4.93. The van der Waals surface area contributed by atoms with Crippen molar-refractivity contribution in [3.63, 3.8) is 0 Å². The summed E-state index contributed by atoms with van der Waals surface area (Å²) in [5, 5.41) is 0. The number of hydrogen-bond donors (Lipinski definition) is 0. The number of aryl methyl sites for hydroxylation is 1. The Bertz CT molecular complexity index is 1260. The summed E-state index contributed by atoms with van der Waals surface area (Å²) < 4.78 is 108. The molecule has 0 saturated carbocycles. The summed E-state index contributed by atoms with van der Waals surface area (Å²) in [6.45, 7) is 1.93. The Morgan fingerprint density at radius 2 is 1.38 bits per heavy atom. The molecule has 0 nitrogen and oxygen atoms in total. The highest BCUT2D eigenvalue weighted by atomic mass is 19.4. The Balaban J connectivity index is 1.91. The van der Waals surface area contributed by atoms with Gasteiger partial charge in [0.1, 0.15) is 29.1 Å². The van der Waals surface area contributed by atoms with E-state index < -0.39 is 46.4 Å². The van der Waals surface area contributed by atoms with Gasteiger partial charge in [-0.1, -0.05) is 37.5 Å². The van der Waals surface area contributed by atoms with Gasteiger partial charge in [0.25, 0.3) is 0 Å². The van der Waals surface area contributed by atoms with Gasteiger partial charge in [-0.3, -0.25) is 0 Å². The van der Waals surface area contributed by atoms with E-state index in [0.29, 0.717) is 18.6 Å². The van der Waals surface area contributed by atoms with Crippen molar-refractivity contribution in [2.75, 3.05) is 0 Å². The Labute approximate surface area is 190 Å². The third kappa shape index (κ3) is 6.04. The van der Waals surface area contributed by atoms with Crippen LogP contribution in [0.15, 0.2) is 42.5 Å². The van der Waals surface area contributed by atoms with Crippen molar-refractivity contribution in [1.29, 1.82) is 0 Å². The van der Waals surface area contributed by atoms with E-state index >= 15 is 0 Å². The molecule has 176 valence electrons. The van der Waals surface area contributed by atoms with E-state index in [2.05, 4.69) is 0 Å². The molecule has 8 heteroatoms. The minimum absolute atomic E-state index is 0.00730. The third-order valence-electron chi connectivity index (χ3n) is 4.80. The zero-order valence-corrected chi connectivity index (χ0v) is 17.6. The van der Waals surface area contributed by atoms with Gasteiger partial charge in [0, 0.05) is 17.0 Å². The molecule has 0 unspecified atom stereocenters. The summed E-state index contributed by atoms with van der Waals surface area (Å²) in [6, 6.07) is 7.61. The van der Waals surface area contributed by atoms with Gasteiger partial charge in [0.05, 0.1) is 5.56 Å². The molecule has 0 aliphatic carbocycles. The molecule has 0 amide bonds. The Morgan fingerprint density at radius 1 is 0.765 bits per heavy atom. The monoisotopic (exact) mass is 480 g/mol. The highest BCUT2D eigenvalue weighted by Crippen LogP contribution is 2.29. The van der Waals surface area contributed by atoms with E-state index in [1.54, 1.807) is 6.07 Å². The average molecular weight is 480 g/mol. The molecule has 0 aliphatic rings. The van der Waals surface area contributed by atoms with Crippen LogP contribution in [0.5, 0.6) is 0 Å². The molecular weight excluding hydrogens is 464 g/mol. The molecular formula is C26H16F8. The van der Waals surface area contributed by atoms with E-state index in [9.17, 15) is 35.1 Å². The molecule has 0 spiro atoms. The number of halogens is 8. The van der Waals surface area contributed by atoms with Gasteiger partial charge < -0.3 is 0 Å². The summed E-state index contributed by atoms with van der Waals surface area (Å²) in [6.07, 6.45) is -1.58. The highest BCUT2D eigenvalue weighted by molar-refractivity contribution is 5.73. The van der Waals surface area contributed by atoms with Crippen LogP contribution < -0.4 is 0 Å². The van der Waals surface area contributed by atoms with E-state index in [0.717, 1.165) is 42.2 Å². The smallest absolute Gasteiger partial charge is 0.206 e. The van der Waals surface area contributed by atoms with Crippen molar-refractivity contribution in [3.8, 4) is 23.0 Å². The molecule has 0 aromatic heterocycles. The summed E-state index contributed by atoms with van der Waals surface area (Å²) >= 11 is 0. The molecule has 0 aliphatic heterocycles. The van der Waals surface area contributed by atoms with Crippen LogP contribution in [0.4, 0.5) is 35.1 Å². The van der Waals surface area contributed by atoms with Crippen LogP contribution in [0.25, 0.3) is 23.3 Å². The number of benzene rings is 3. The van der Waals surface area contributed by atoms with Crippen molar-refractivity contribution in [2.45, 2.75) is 25.9 Å². The standard InChI is InChI=1S/C26H16F8/c1-2-3-15-4-6-18(21(27)10-15)17-13-24(30)19(25(31)14-17)7-5-16-11-22(28)20(23(29)12-16)8-9-26(32,33)34/h4-7,10-14H,2-3H2,1H3/b7-5+. The first-order valence-electron chi connectivity index (χ1n) is 10.0. The molecule has 0 fully saturated rings. The maximum Gasteiger partial charge on any atom is 0.458 e. The van der Waals surface area contributed by atoms with Crippen molar-refractivity contribution in [2.24, 2.45) is 0 Å². The van der Waals surface area contributed by atoms with E-state index in [-0.39, 0.29) is 16.7 Å². The lowest BCUT2D eigenvalue weighted by atomic mass is 9.99. The van der Waals surface area contributed by atoms with Gasteiger partial charge in [0.15, 0.2) is 0 Å². The van der Waals surface area contributed by atoms with Crippen LogP contribution in [0, 0.1) is 40.9 Å². The predicted octanol–water partition coefficient (Wildman–Crippen LogP) is 8.09. The normalized spacial score (nSPS) is 11.6. The van der Waals surface area contributed by atoms with Gasteiger partial charge >= 0.3 is 6.18 Å². The SMILES string of the molecule is CCCc1ccc(-c2cc(F)c(/C=C/c3cc(F)c(C#CC(F)(F)F)c(F)c3)c(F)c2)c(F)c1. The van der Waals surface area contributed by atoms with Crippen LogP contribution >= 0.6 is 0 Å². The number of alkyl halides is 3. The number of hydrogen-bond acceptors (Lipinski definition) is 0. The molecule has 3 aromatic carbocycles. The van der Waals surface area contributed by atoms with Gasteiger partial charge in [0.2, 0.25) is 0 Å². The molecule has 3 rings (SSSR count). The van der Waals surface area contributed by atoms with Crippen molar-refractivity contribution < 1.29 is 35.1 Å². The fraction of sp³-hybridized carbons (Fsp3) is 0.154. The van der Waals surface area contributed by atoms with Gasteiger partial charge in [-0.15, -0.1) is 0 Å². The van der Waals surface area contributed by atoms with Crippen LogP contribution in [0.2, 0.25) is 0 Å². The second-order valence-electron chi connectivity index (χ2n) is 7.36. The second-order valence-corrected chi connectivity index (χ2v) is 7.36. The molecule has 0 saturated heterocycles. The Hall–Kier alpha value is -3.60. The van der Waals surface area contributed by atoms with Crippen molar-refractivity contribution in [3.05, 3.63) is 93.8 Å². The van der Waals surface area contributed by atoms with E-state index in [4.69, 9.17) is 0 Å². The quantitative estimate of drug-likeness (QED) is 0.197. The maximum absolute atomic E-state index is 14.6. The Kier molecular flexibility index (Phi) is 7.45. The second kappa shape index (κ2) is 10.1. The van der Waals surface area contributed by atoms with Crippen molar-refractivity contribution >= 4 is 12.2 Å². The van der Waals surface area contributed by atoms with Crippen molar-refractivity contribution in [1.82, 2.24) is 0 Å². The third-order valence-corrected chi connectivity index (χ3v) is 4.80. The molecule has 0 N–H and O–H groups in total. The largest absolute Gasteiger partial charge is 0.458 e. The van der Waals surface area contributed by atoms with Gasteiger partial charge in [-0.05, 0) is 59.5 Å². The summed E-state index contributed by atoms with van der Waals surface area (Å²) in [5.74, 6) is -3.31. The fourth-order valence-electron chi connectivity index (χ4n) is 3.26. The lowest BCUT2D eigenvalue weighted by molar-refractivity contribution is -0.0696. The molecule has 34 heavy (non-hydrogen) atoms. The van der Waals surface area contributed by atoms with Crippen LogP contribution in [0.3, 0.4) is 0 Å². The number of rotatable bonds is 5. The minimum Gasteiger partial charge on any atom is -0.206 e. The van der Waals surface area contributed by atoms with Crippen LogP contribution in [-0.2, 0) is 6.42 Å². The molecule has 0 heterocycles. The lowest BCUT2D eigenvalue weighted by Crippen LogP contribution is -2.02.